The van der Waals surface area contributed by atoms with Crippen LogP contribution in [-0.4, -0.2) is 9.38 Å². The highest BCUT2D eigenvalue weighted by Gasteiger charge is 2.15. The van der Waals surface area contributed by atoms with Gasteiger partial charge in [0.2, 0.25) is 0 Å². The average molecular weight is 344 g/mol. The second kappa shape index (κ2) is 4.33. The van der Waals surface area contributed by atoms with Gasteiger partial charge < -0.3 is 5.73 Å². The van der Waals surface area contributed by atoms with E-state index in [1.54, 1.807) is 11.3 Å². The first-order valence-corrected chi connectivity index (χ1v) is 7.81. The lowest BCUT2D eigenvalue weighted by atomic mass is 10.1. The van der Waals surface area contributed by atoms with Crippen LogP contribution in [0, 0.1) is 0 Å². The molecule has 5 heteroatoms. The standard InChI is InChI=1S/C15H10BrN3S/c16-9-5-6-13-18-14(15(17)19(13)7-9)11-8-20-12-4-2-1-3-10(11)12/h1-8H,17H2. The summed E-state index contributed by atoms with van der Waals surface area (Å²) in [5.41, 5.74) is 9.08. The van der Waals surface area contributed by atoms with E-state index < -0.39 is 0 Å². The van der Waals surface area contributed by atoms with Crippen LogP contribution >= 0.6 is 27.3 Å². The molecule has 1 aromatic carbocycles. The van der Waals surface area contributed by atoms with Crippen molar-refractivity contribution in [2.45, 2.75) is 0 Å². The monoisotopic (exact) mass is 343 g/mol. The molecule has 20 heavy (non-hydrogen) atoms. The molecular weight excluding hydrogens is 334 g/mol. The molecule has 0 aliphatic carbocycles. The van der Waals surface area contributed by atoms with Crippen LogP contribution in [0.25, 0.3) is 27.0 Å². The van der Waals surface area contributed by atoms with Crippen molar-refractivity contribution in [2.24, 2.45) is 0 Å². The minimum absolute atomic E-state index is 0.671. The number of rotatable bonds is 1. The summed E-state index contributed by atoms with van der Waals surface area (Å²) in [4.78, 5) is 4.67. The Bertz CT molecular complexity index is 939. The summed E-state index contributed by atoms with van der Waals surface area (Å²) in [5.74, 6) is 0.671. The van der Waals surface area contributed by atoms with Gasteiger partial charge in [0.15, 0.2) is 0 Å². The maximum atomic E-state index is 6.27. The van der Waals surface area contributed by atoms with E-state index in [2.05, 4.69) is 38.4 Å². The molecule has 3 nitrogen and oxygen atoms in total. The Balaban J connectivity index is 2.05. The van der Waals surface area contributed by atoms with Gasteiger partial charge in [-0.1, -0.05) is 18.2 Å². The van der Waals surface area contributed by atoms with E-state index in [1.807, 2.05) is 34.9 Å². The van der Waals surface area contributed by atoms with Crippen LogP contribution in [-0.2, 0) is 0 Å². The molecule has 0 aliphatic rings. The van der Waals surface area contributed by atoms with Crippen LogP contribution in [0.15, 0.2) is 52.4 Å². The number of fused-ring (bicyclic) bond motifs is 2. The molecule has 0 radical (unpaired) electrons. The number of halogens is 1. The number of nitrogens with zero attached hydrogens (tertiary/aromatic N) is 2. The zero-order valence-corrected chi connectivity index (χ0v) is 12.8. The molecule has 0 unspecified atom stereocenters. The zero-order valence-electron chi connectivity index (χ0n) is 10.4. The third-order valence-electron chi connectivity index (χ3n) is 3.36. The number of hydrogen-bond acceptors (Lipinski definition) is 3. The van der Waals surface area contributed by atoms with Gasteiger partial charge in [-0.25, -0.2) is 4.98 Å². The van der Waals surface area contributed by atoms with E-state index in [0.717, 1.165) is 21.4 Å². The van der Waals surface area contributed by atoms with E-state index >= 15 is 0 Å². The Labute approximate surface area is 127 Å². The van der Waals surface area contributed by atoms with Crippen molar-refractivity contribution in [1.29, 1.82) is 0 Å². The third kappa shape index (κ3) is 1.67. The zero-order chi connectivity index (χ0) is 13.7. The third-order valence-corrected chi connectivity index (χ3v) is 4.79. The lowest BCUT2D eigenvalue weighted by Crippen LogP contribution is -1.93. The number of thiophene rings is 1. The van der Waals surface area contributed by atoms with Gasteiger partial charge in [0.05, 0.1) is 0 Å². The molecule has 0 saturated carbocycles. The fraction of sp³-hybridized carbons (Fsp3) is 0. The lowest BCUT2D eigenvalue weighted by molar-refractivity contribution is 1.18. The predicted octanol–water partition coefficient (Wildman–Crippen LogP) is 4.56. The number of pyridine rings is 1. The quantitative estimate of drug-likeness (QED) is 0.550. The molecule has 4 rings (SSSR count). The Kier molecular flexibility index (Phi) is 2.58. The fourth-order valence-corrected chi connectivity index (χ4v) is 3.68. The molecule has 3 heterocycles. The number of aromatic nitrogens is 2. The Hall–Kier alpha value is -1.85. The van der Waals surface area contributed by atoms with Crippen LogP contribution in [0.2, 0.25) is 0 Å². The van der Waals surface area contributed by atoms with Gasteiger partial charge >= 0.3 is 0 Å². The summed E-state index contributed by atoms with van der Waals surface area (Å²) in [5, 5.41) is 3.32. The van der Waals surface area contributed by atoms with Gasteiger partial charge in [0.1, 0.15) is 17.2 Å². The highest BCUT2D eigenvalue weighted by molar-refractivity contribution is 9.10. The normalized spacial score (nSPS) is 11.4. The van der Waals surface area contributed by atoms with Gasteiger partial charge in [0.25, 0.3) is 0 Å². The number of nitrogens with two attached hydrogens (primary N) is 1. The average Bonchev–Trinajstić information content (AvgIpc) is 3.01. The van der Waals surface area contributed by atoms with Crippen molar-refractivity contribution < 1.29 is 0 Å². The summed E-state index contributed by atoms with van der Waals surface area (Å²) in [6, 6.07) is 12.2. The molecular formula is C15H10BrN3S. The van der Waals surface area contributed by atoms with Crippen LogP contribution in [0.4, 0.5) is 5.82 Å². The summed E-state index contributed by atoms with van der Waals surface area (Å²) in [6.07, 6.45) is 1.94. The van der Waals surface area contributed by atoms with Gasteiger partial charge in [0, 0.05) is 31.7 Å². The summed E-state index contributed by atoms with van der Waals surface area (Å²) < 4.78 is 4.14. The SMILES string of the molecule is Nc1c(-c2csc3ccccc23)nc2ccc(Br)cn12. The molecule has 0 saturated heterocycles. The van der Waals surface area contributed by atoms with Gasteiger partial charge in [-0.05, 0) is 34.1 Å². The van der Waals surface area contributed by atoms with Crippen LogP contribution in [0.1, 0.15) is 0 Å². The van der Waals surface area contributed by atoms with Gasteiger partial charge in [-0.3, -0.25) is 4.40 Å². The van der Waals surface area contributed by atoms with Crippen LogP contribution in [0.3, 0.4) is 0 Å². The maximum absolute atomic E-state index is 6.27. The summed E-state index contributed by atoms with van der Waals surface area (Å²) in [6.45, 7) is 0. The first-order valence-electron chi connectivity index (χ1n) is 6.14. The van der Waals surface area contributed by atoms with Crippen molar-refractivity contribution in [3.8, 4) is 11.3 Å². The molecule has 0 spiro atoms. The minimum atomic E-state index is 0.671. The molecule has 0 aliphatic heterocycles. The molecule has 0 bridgehead atoms. The Morgan fingerprint density at radius 3 is 2.90 bits per heavy atom. The van der Waals surface area contributed by atoms with E-state index in [1.165, 1.54) is 10.1 Å². The second-order valence-corrected chi connectivity index (χ2v) is 6.39. The number of imidazole rings is 1. The molecule has 2 N–H and O–H groups in total. The van der Waals surface area contributed by atoms with Crippen molar-refractivity contribution in [2.75, 3.05) is 5.73 Å². The predicted molar refractivity (Wildman–Crippen MR) is 88.1 cm³/mol. The van der Waals surface area contributed by atoms with Crippen molar-refractivity contribution >= 4 is 48.8 Å². The number of hydrogen-bond donors (Lipinski definition) is 1. The number of benzene rings is 1. The topological polar surface area (TPSA) is 43.3 Å². The van der Waals surface area contributed by atoms with Crippen LogP contribution < -0.4 is 5.73 Å². The summed E-state index contributed by atoms with van der Waals surface area (Å²) >= 11 is 5.18. The van der Waals surface area contributed by atoms with Crippen molar-refractivity contribution in [3.05, 3.63) is 52.4 Å². The van der Waals surface area contributed by atoms with Gasteiger partial charge in [-0.2, -0.15) is 0 Å². The first-order chi connectivity index (χ1) is 9.74. The van der Waals surface area contributed by atoms with E-state index in [4.69, 9.17) is 5.73 Å². The van der Waals surface area contributed by atoms with Crippen molar-refractivity contribution in [1.82, 2.24) is 9.38 Å². The molecule has 0 atom stereocenters. The number of anilines is 1. The first kappa shape index (κ1) is 11.9. The highest BCUT2D eigenvalue weighted by atomic mass is 79.9. The van der Waals surface area contributed by atoms with Crippen LogP contribution in [0.5, 0.6) is 0 Å². The highest BCUT2D eigenvalue weighted by Crippen LogP contribution is 2.36. The lowest BCUT2D eigenvalue weighted by Gasteiger charge is -1.98. The Morgan fingerprint density at radius 2 is 2.00 bits per heavy atom. The molecule has 0 amide bonds. The Morgan fingerprint density at radius 1 is 1.15 bits per heavy atom. The maximum Gasteiger partial charge on any atom is 0.139 e. The van der Waals surface area contributed by atoms with E-state index in [-0.39, 0.29) is 0 Å². The summed E-state index contributed by atoms with van der Waals surface area (Å²) in [7, 11) is 0. The number of nitrogen functional groups attached to an aromatic ring is 1. The minimum Gasteiger partial charge on any atom is -0.383 e. The van der Waals surface area contributed by atoms with E-state index in [9.17, 15) is 0 Å². The smallest absolute Gasteiger partial charge is 0.139 e. The molecule has 4 aromatic rings. The fourth-order valence-electron chi connectivity index (χ4n) is 2.40. The largest absolute Gasteiger partial charge is 0.383 e. The second-order valence-electron chi connectivity index (χ2n) is 4.57. The molecule has 3 aromatic heterocycles. The van der Waals surface area contributed by atoms with Crippen molar-refractivity contribution in [3.63, 3.8) is 0 Å². The molecule has 0 fully saturated rings. The van der Waals surface area contributed by atoms with E-state index in [0.29, 0.717) is 5.82 Å². The van der Waals surface area contributed by atoms with Gasteiger partial charge in [-0.15, -0.1) is 11.3 Å². The molecule has 98 valence electrons.